The lowest BCUT2D eigenvalue weighted by Gasteiger charge is -2.54. The summed E-state index contributed by atoms with van der Waals surface area (Å²) in [5, 5.41) is 54.8. The third-order valence-corrected chi connectivity index (χ3v) is 13.4. The van der Waals surface area contributed by atoms with E-state index in [0.717, 1.165) is 25.0 Å². The van der Waals surface area contributed by atoms with Crippen LogP contribution in [0, 0.1) is 17.5 Å². The molecule has 8 rings (SSSR count). The summed E-state index contributed by atoms with van der Waals surface area (Å²) in [6.45, 7) is -0.614. The van der Waals surface area contributed by atoms with Gasteiger partial charge in [0.15, 0.2) is 11.6 Å². The molecule has 3 heterocycles. The molecule has 360 valence electrons. The number of benzene rings is 3. The number of aromatic nitrogens is 6. The lowest BCUT2D eigenvalue weighted by Crippen LogP contribution is -2.65. The quantitative estimate of drug-likeness (QED) is 0.0849. The van der Waals surface area contributed by atoms with Crippen LogP contribution in [-0.2, 0) is 25.0 Å². The maximum atomic E-state index is 15.8. The summed E-state index contributed by atoms with van der Waals surface area (Å²) in [7, 11) is 4.37. The molecular weight excluding hydrogens is 888 g/mol. The van der Waals surface area contributed by atoms with Gasteiger partial charge in [0.25, 0.3) is 0 Å². The Morgan fingerprint density at radius 2 is 1.43 bits per heavy atom. The molecule has 2 N–H and O–H groups in total. The highest BCUT2D eigenvalue weighted by Crippen LogP contribution is 2.53. The van der Waals surface area contributed by atoms with Gasteiger partial charge in [-0.25, -0.2) is 32.1 Å². The van der Waals surface area contributed by atoms with Crippen LogP contribution in [-0.4, -0.2) is 107 Å². The van der Waals surface area contributed by atoms with Crippen molar-refractivity contribution in [3.05, 3.63) is 113 Å². The van der Waals surface area contributed by atoms with E-state index in [4.69, 9.17) is 24.4 Å². The van der Waals surface area contributed by atoms with Crippen LogP contribution in [0.1, 0.15) is 105 Å². The molecule has 21 heteroatoms. The fourth-order valence-electron chi connectivity index (χ4n) is 10.3. The monoisotopic (exact) mass is 941 g/mol. The standard InChI is InChI=1S/C47H54F3N11O7/c1-66-34-20-30(21-35(22-34)67-2)23-46(29-51-55-54-46)28-47(61(45(64)65)33-15-8-5-9-16-33,41-27-58(57-53-41)24-31-12-10-19-40(68-3)42(31)50)43(60(44(62)63)32-13-6-4-7-14-32)39-26-59(56-52-39)25-36-37(48)17-11-18-38(36)49/h10-12,17-22,26-27,29,32-33,43H,4-9,13-16,23-25,28H2,1-3H3,(H,62,63)(H,64,65). The number of hydrogen-bond acceptors (Lipinski definition) is 12. The van der Waals surface area contributed by atoms with Crippen molar-refractivity contribution in [2.75, 3.05) is 21.3 Å². The van der Waals surface area contributed by atoms with Gasteiger partial charge in [0.2, 0.25) is 0 Å². The molecule has 68 heavy (non-hydrogen) atoms. The molecule has 5 aromatic rings. The van der Waals surface area contributed by atoms with Gasteiger partial charge in [-0.2, -0.15) is 5.11 Å². The van der Waals surface area contributed by atoms with Crippen LogP contribution in [0.3, 0.4) is 0 Å². The van der Waals surface area contributed by atoms with Crippen LogP contribution in [0.4, 0.5) is 22.8 Å². The van der Waals surface area contributed by atoms with Gasteiger partial charge in [-0.15, -0.1) is 15.3 Å². The Hall–Kier alpha value is -7.06. The van der Waals surface area contributed by atoms with Gasteiger partial charge in [-0.3, -0.25) is 9.80 Å². The molecule has 2 aliphatic carbocycles. The third kappa shape index (κ3) is 9.68. The number of ether oxygens (including phenoxy) is 3. The SMILES string of the molecule is COc1cc(CC2(CC(c3cn(Cc4cccc(OC)c4F)nn3)(C(c3cn(Cc4c(F)cccc4F)nn3)N(C(=O)O)C3CCCCC3)N(C(=O)O)C3CCCCC3)C=NN=N2)cc(OC)c1. The summed E-state index contributed by atoms with van der Waals surface area (Å²) in [5.41, 5.74) is -3.18. The molecule has 3 aromatic carbocycles. The molecule has 2 amide bonds. The normalized spacial score (nSPS) is 18.8. The Morgan fingerprint density at radius 1 is 0.794 bits per heavy atom. The van der Waals surface area contributed by atoms with Crippen molar-refractivity contribution < 1.29 is 47.2 Å². The highest BCUT2D eigenvalue weighted by molar-refractivity contribution is 5.74. The Labute approximate surface area is 390 Å². The van der Waals surface area contributed by atoms with Crippen molar-refractivity contribution >= 4 is 18.4 Å². The average Bonchev–Trinajstić information content (AvgIpc) is 4.13. The molecule has 2 fully saturated rings. The lowest BCUT2D eigenvalue weighted by atomic mass is 9.69. The molecule has 2 aromatic heterocycles. The molecule has 3 unspecified atom stereocenters. The van der Waals surface area contributed by atoms with Gasteiger partial charge in [0, 0.05) is 42.1 Å². The van der Waals surface area contributed by atoms with E-state index in [0.29, 0.717) is 68.4 Å². The van der Waals surface area contributed by atoms with Crippen LogP contribution in [0.15, 0.2) is 82.4 Å². The van der Waals surface area contributed by atoms with E-state index < -0.39 is 65.4 Å². The predicted octanol–water partition coefficient (Wildman–Crippen LogP) is 8.79. The number of rotatable bonds is 18. The van der Waals surface area contributed by atoms with Gasteiger partial charge in [0.1, 0.15) is 51.6 Å². The smallest absolute Gasteiger partial charge is 0.408 e. The van der Waals surface area contributed by atoms with Crippen LogP contribution >= 0.6 is 0 Å². The minimum Gasteiger partial charge on any atom is -0.497 e. The largest absolute Gasteiger partial charge is 0.497 e. The number of hydrogen-bond donors (Lipinski definition) is 2. The summed E-state index contributed by atoms with van der Waals surface area (Å²) in [6.07, 6.45) is 7.39. The van der Waals surface area contributed by atoms with Crippen LogP contribution in [0.5, 0.6) is 17.2 Å². The molecule has 3 atom stereocenters. The molecule has 0 spiro atoms. The van der Waals surface area contributed by atoms with Crippen molar-refractivity contribution in [1.82, 2.24) is 39.8 Å². The lowest BCUT2D eigenvalue weighted by molar-refractivity contribution is -0.0557. The second-order valence-corrected chi connectivity index (χ2v) is 17.6. The molecule has 0 bridgehead atoms. The maximum absolute atomic E-state index is 15.8. The molecule has 0 radical (unpaired) electrons. The summed E-state index contributed by atoms with van der Waals surface area (Å²) in [4.78, 5) is 31.6. The molecule has 18 nitrogen and oxygen atoms in total. The number of carbonyl (C=O) groups is 2. The summed E-state index contributed by atoms with van der Waals surface area (Å²) < 4.78 is 65.3. The minimum absolute atomic E-state index is 0.00321. The van der Waals surface area contributed by atoms with Crippen molar-refractivity contribution in [2.24, 2.45) is 15.4 Å². The molecular formula is C47H54F3N11O7. The summed E-state index contributed by atoms with van der Waals surface area (Å²) in [6, 6.07) is 10.4. The van der Waals surface area contributed by atoms with E-state index in [9.17, 15) is 19.8 Å². The first-order valence-electron chi connectivity index (χ1n) is 22.7. The van der Waals surface area contributed by atoms with Gasteiger partial charge in [-0.05, 0) is 66.8 Å². The van der Waals surface area contributed by atoms with Crippen molar-refractivity contribution in [3.63, 3.8) is 0 Å². The van der Waals surface area contributed by atoms with Crippen molar-refractivity contribution in [2.45, 2.75) is 119 Å². The second kappa shape index (κ2) is 20.4. The number of methoxy groups -OCH3 is 3. The highest BCUT2D eigenvalue weighted by Gasteiger charge is 2.61. The van der Waals surface area contributed by atoms with E-state index in [-0.39, 0.29) is 47.7 Å². The van der Waals surface area contributed by atoms with Crippen LogP contribution in [0.25, 0.3) is 0 Å². The second-order valence-electron chi connectivity index (χ2n) is 17.6. The molecule has 2 saturated carbocycles. The van der Waals surface area contributed by atoms with E-state index in [1.165, 1.54) is 71.2 Å². The third-order valence-electron chi connectivity index (χ3n) is 13.4. The van der Waals surface area contributed by atoms with E-state index in [1.54, 1.807) is 30.3 Å². The Kier molecular flexibility index (Phi) is 14.3. The number of halogens is 3. The first-order chi connectivity index (χ1) is 32.9. The fraction of sp³-hybridized carbons (Fsp3) is 0.468. The minimum atomic E-state index is -2.13. The van der Waals surface area contributed by atoms with E-state index in [1.807, 2.05) is 0 Å². The van der Waals surface area contributed by atoms with Gasteiger partial charge in [0.05, 0.1) is 53.0 Å². The van der Waals surface area contributed by atoms with Crippen LogP contribution < -0.4 is 14.2 Å². The average molecular weight is 942 g/mol. The Bertz CT molecular complexity index is 2590. The molecule has 0 saturated heterocycles. The number of nitrogens with zero attached hydrogens (tertiary/aromatic N) is 11. The van der Waals surface area contributed by atoms with Gasteiger partial charge >= 0.3 is 12.2 Å². The van der Waals surface area contributed by atoms with E-state index in [2.05, 4.69) is 25.9 Å². The summed E-state index contributed by atoms with van der Waals surface area (Å²) >= 11 is 0. The Morgan fingerprint density at radius 3 is 2.03 bits per heavy atom. The van der Waals surface area contributed by atoms with Crippen LogP contribution in [0.2, 0.25) is 0 Å². The molecule has 3 aliphatic rings. The number of carboxylic acid groups (broad SMARTS) is 2. The number of amides is 2. The topological polar surface area (TPSA) is 207 Å². The predicted molar refractivity (Wildman–Crippen MR) is 239 cm³/mol. The fourth-order valence-corrected chi connectivity index (χ4v) is 10.3. The first kappa shape index (κ1) is 47.4. The van der Waals surface area contributed by atoms with Gasteiger partial charge in [-0.1, -0.05) is 67.2 Å². The van der Waals surface area contributed by atoms with Crippen molar-refractivity contribution in [1.29, 1.82) is 0 Å². The highest BCUT2D eigenvalue weighted by atomic mass is 19.1. The zero-order valence-corrected chi connectivity index (χ0v) is 38.0. The zero-order valence-electron chi connectivity index (χ0n) is 38.0. The first-order valence-corrected chi connectivity index (χ1v) is 22.7. The van der Waals surface area contributed by atoms with E-state index >= 15 is 13.2 Å². The van der Waals surface area contributed by atoms with Crippen molar-refractivity contribution in [3.8, 4) is 17.2 Å². The maximum Gasteiger partial charge on any atom is 0.408 e. The zero-order chi connectivity index (χ0) is 48.0. The molecule has 1 aliphatic heterocycles. The Balaban J connectivity index is 1.43. The van der Waals surface area contributed by atoms with Gasteiger partial charge < -0.3 is 24.4 Å². The summed E-state index contributed by atoms with van der Waals surface area (Å²) in [5.74, 6) is -1.38.